The first kappa shape index (κ1) is 22.4. The van der Waals surface area contributed by atoms with Crippen LogP contribution in [0.25, 0.3) is 11.3 Å². The molecule has 0 saturated heterocycles. The lowest BCUT2D eigenvalue weighted by Gasteiger charge is -2.53. The highest BCUT2D eigenvalue weighted by Gasteiger charge is 2.68. The Morgan fingerprint density at radius 2 is 1.85 bits per heavy atom. The largest absolute Gasteiger partial charge is 0.508 e. The number of Topliss-reactive ketones (excluding diaryl/α,β-unsaturated/α-hetero) is 2. The topological polar surface area (TPSA) is 178 Å². The van der Waals surface area contributed by atoms with Crippen LogP contribution in [-0.2, 0) is 19.2 Å². The van der Waals surface area contributed by atoms with Crippen molar-refractivity contribution in [1.82, 2.24) is 4.90 Å². The number of hydrogen-bond donors (Lipinski definition) is 5. The van der Waals surface area contributed by atoms with Crippen LogP contribution < -0.4 is 5.73 Å². The second-order valence-electron chi connectivity index (χ2n) is 8.66. The molecule has 1 aromatic rings. The van der Waals surface area contributed by atoms with Crippen molar-refractivity contribution in [3.05, 3.63) is 52.8 Å². The predicted molar refractivity (Wildman–Crippen MR) is 115 cm³/mol. The summed E-state index contributed by atoms with van der Waals surface area (Å²) in [4.78, 5) is 52.6. The van der Waals surface area contributed by atoms with Crippen LogP contribution in [-0.4, -0.2) is 74.8 Å². The first-order valence-corrected chi connectivity index (χ1v) is 10.0. The van der Waals surface area contributed by atoms with Crippen LogP contribution in [0.3, 0.4) is 0 Å². The quantitative estimate of drug-likeness (QED) is 0.307. The number of aromatic hydroxyl groups is 1. The number of primary amides is 1. The molecule has 1 fully saturated rings. The first-order valence-electron chi connectivity index (χ1n) is 10.0. The number of carbonyl (C=O) groups excluding carboxylic acids is 4. The number of ketones is 2. The van der Waals surface area contributed by atoms with Crippen LogP contribution in [0.15, 0.2) is 41.7 Å². The van der Waals surface area contributed by atoms with Gasteiger partial charge in [-0.25, -0.2) is 0 Å². The van der Waals surface area contributed by atoms with Crippen LogP contribution in [0.4, 0.5) is 0 Å². The molecular formula is C23H22N2O8. The summed E-state index contributed by atoms with van der Waals surface area (Å²) in [5, 5.41) is 43.7. The summed E-state index contributed by atoms with van der Waals surface area (Å²) in [5.41, 5.74) is 1.30. The van der Waals surface area contributed by atoms with Gasteiger partial charge in [0.25, 0.3) is 5.91 Å². The molecule has 0 radical (unpaired) electrons. The molecule has 1 aromatic carbocycles. The zero-order valence-electron chi connectivity index (χ0n) is 17.8. The highest BCUT2D eigenvalue weighted by Crippen LogP contribution is 2.57. The number of rotatable bonds is 3. The number of amides is 1. The number of benzene rings is 1. The van der Waals surface area contributed by atoms with Gasteiger partial charge in [-0.2, -0.15) is 0 Å². The number of fused-ring (bicyclic) bond motifs is 3. The highest BCUT2D eigenvalue weighted by atomic mass is 16.3. The maximum absolute atomic E-state index is 13.7. The number of nitrogens with zero attached hydrogens (tertiary/aromatic N) is 1. The maximum atomic E-state index is 13.7. The van der Waals surface area contributed by atoms with Gasteiger partial charge in [0.1, 0.15) is 29.1 Å². The third-order valence-corrected chi connectivity index (χ3v) is 6.85. The molecule has 0 bridgehead atoms. The first-order chi connectivity index (χ1) is 15.4. The molecule has 1 saturated carbocycles. The normalized spacial score (nSPS) is 31.3. The molecule has 0 spiro atoms. The summed E-state index contributed by atoms with van der Waals surface area (Å²) in [6.45, 7) is 3.96. The summed E-state index contributed by atoms with van der Waals surface area (Å²) in [6.07, 6.45) is 0.422. The zero-order chi connectivity index (χ0) is 24.6. The van der Waals surface area contributed by atoms with Gasteiger partial charge in [-0.1, -0.05) is 18.7 Å². The van der Waals surface area contributed by atoms with E-state index in [1.807, 2.05) is 0 Å². The molecule has 3 aliphatic rings. The summed E-state index contributed by atoms with van der Waals surface area (Å²) in [7, 11) is 2.89. The van der Waals surface area contributed by atoms with E-state index in [0.29, 0.717) is 6.29 Å². The van der Waals surface area contributed by atoms with Crippen LogP contribution in [0, 0.1) is 17.8 Å². The molecule has 1 amide bonds. The number of aliphatic hydroxyl groups is 3. The van der Waals surface area contributed by atoms with Crippen molar-refractivity contribution in [2.45, 2.75) is 11.6 Å². The van der Waals surface area contributed by atoms with E-state index >= 15 is 0 Å². The van der Waals surface area contributed by atoms with Crippen molar-refractivity contribution in [3.8, 4) is 5.75 Å². The lowest BCUT2D eigenvalue weighted by molar-refractivity contribution is -0.159. The van der Waals surface area contributed by atoms with Gasteiger partial charge in [-0.15, -0.1) is 0 Å². The third-order valence-electron chi connectivity index (χ3n) is 6.85. The van der Waals surface area contributed by atoms with Gasteiger partial charge in [0.15, 0.2) is 11.4 Å². The van der Waals surface area contributed by atoms with E-state index in [4.69, 9.17) is 5.73 Å². The Bertz CT molecular complexity index is 1230. The smallest absolute Gasteiger partial charge is 0.255 e. The lowest BCUT2D eigenvalue weighted by Crippen LogP contribution is -2.68. The van der Waals surface area contributed by atoms with E-state index in [0.717, 1.165) is 0 Å². The highest BCUT2D eigenvalue weighted by molar-refractivity contribution is 6.25. The second-order valence-corrected chi connectivity index (χ2v) is 8.66. The van der Waals surface area contributed by atoms with Gasteiger partial charge >= 0.3 is 0 Å². The number of likely N-dealkylation sites (N-methyl/N-ethyl adjacent to an activating group) is 1. The molecule has 0 unspecified atom stereocenters. The van der Waals surface area contributed by atoms with Crippen molar-refractivity contribution in [3.63, 3.8) is 0 Å². The number of hydrogen-bond acceptors (Lipinski definition) is 9. The Morgan fingerprint density at radius 3 is 2.39 bits per heavy atom. The minimum Gasteiger partial charge on any atom is -0.508 e. The maximum Gasteiger partial charge on any atom is 0.255 e. The Kier molecular flexibility index (Phi) is 4.84. The average molecular weight is 454 g/mol. The van der Waals surface area contributed by atoms with E-state index in [-0.39, 0.29) is 22.4 Å². The number of phenols is 1. The zero-order valence-corrected chi connectivity index (χ0v) is 17.8. The molecule has 0 aliphatic heterocycles. The SMILES string of the molecule is C=C1c2cccc(O)c2C(O)=C2C(=O)[C@]3(O)C(O)=C(C(N)=O)C(=O)[C@@H](N(C)C)[C@@H]3[C@@H](C=O)[C@H]12. The minimum atomic E-state index is -2.92. The van der Waals surface area contributed by atoms with Crippen molar-refractivity contribution >= 4 is 35.1 Å². The van der Waals surface area contributed by atoms with E-state index in [1.54, 1.807) is 0 Å². The number of allylic oxidation sites excluding steroid dienone is 1. The number of nitrogens with two attached hydrogens (primary N) is 1. The number of aldehydes is 1. The van der Waals surface area contributed by atoms with Crippen LogP contribution in [0.1, 0.15) is 11.1 Å². The van der Waals surface area contributed by atoms with Gasteiger partial charge < -0.3 is 31.0 Å². The van der Waals surface area contributed by atoms with E-state index < -0.39 is 69.5 Å². The number of aliphatic hydroxyl groups excluding tert-OH is 2. The fourth-order valence-corrected chi connectivity index (χ4v) is 5.48. The molecule has 0 heterocycles. The van der Waals surface area contributed by atoms with E-state index in [1.165, 1.54) is 37.2 Å². The van der Waals surface area contributed by atoms with Gasteiger partial charge in [-0.05, 0) is 31.3 Å². The van der Waals surface area contributed by atoms with Crippen molar-refractivity contribution in [2.24, 2.45) is 23.5 Å². The van der Waals surface area contributed by atoms with Gasteiger partial charge in [0.2, 0.25) is 5.78 Å². The second kappa shape index (κ2) is 7.12. The minimum absolute atomic E-state index is 0.122. The number of carbonyl (C=O) groups is 4. The van der Waals surface area contributed by atoms with Gasteiger partial charge in [0, 0.05) is 23.3 Å². The molecule has 6 N–H and O–H groups in total. The number of phenolic OH excluding ortho intramolecular Hbond substituents is 1. The summed E-state index contributed by atoms with van der Waals surface area (Å²) < 4.78 is 0. The molecule has 0 aromatic heterocycles. The summed E-state index contributed by atoms with van der Waals surface area (Å²) in [6, 6.07) is 2.93. The van der Waals surface area contributed by atoms with Crippen molar-refractivity contribution in [1.29, 1.82) is 0 Å². The fraction of sp³-hybridized carbons (Fsp3) is 0.304. The lowest BCUT2D eigenvalue weighted by atomic mass is 9.52. The standard InChI is InChI=1S/C23H22N2O8/c1-8-9-5-4-6-11(27)13(9)18(28)14-12(8)10(7-26)16-17(25(2)3)19(29)15(22(24)32)21(31)23(16,33)20(14)30/h4-7,10,12,16-17,27-28,31,33H,1H2,2-3H3,(H2,24,32)/t10-,12-,16-,17-,23-/m0/s1. The molecule has 10 heteroatoms. The monoisotopic (exact) mass is 454 g/mol. The molecule has 10 nitrogen and oxygen atoms in total. The molecular weight excluding hydrogens is 432 g/mol. The van der Waals surface area contributed by atoms with Crippen LogP contribution >= 0.6 is 0 Å². The average Bonchev–Trinajstić information content (AvgIpc) is 2.73. The molecule has 5 atom stereocenters. The molecule has 3 aliphatic carbocycles. The molecule has 172 valence electrons. The molecule has 4 rings (SSSR count). The summed E-state index contributed by atoms with van der Waals surface area (Å²) >= 11 is 0. The predicted octanol–water partition coefficient (Wildman–Crippen LogP) is -0.140. The van der Waals surface area contributed by atoms with E-state index in [2.05, 4.69) is 6.58 Å². The van der Waals surface area contributed by atoms with Crippen LogP contribution in [0.2, 0.25) is 0 Å². The fourth-order valence-electron chi connectivity index (χ4n) is 5.48. The Hall–Kier alpha value is -3.76. The Labute approximate surface area is 187 Å². The Morgan fingerprint density at radius 1 is 1.21 bits per heavy atom. The van der Waals surface area contributed by atoms with E-state index in [9.17, 15) is 39.6 Å². The van der Waals surface area contributed by atoms with Crippen molar-refractivity contribution < 1.29 is 39.6 Å². The van der Waals surface area contributed by atoms with Crippen LogP contribution in [0.5, 0.6) is 5.75 Å². The Balaban J connectivity index is 2.12. The van der Waals surface area contributed by atoms with Gasteiger partial charge in [0.05, 0.1) is 11.6 Å². The van der Waals surface area contributed by atoms with Gasteiger partial charge in [-0.3, -0.25) is 19.3 Å². The molecule has 33 heavy (non-hydrogen) atoms. The summed E-state index contributed by atoms with van der Waals surface area (Å²) in [5.74, 6) is -9.87. The van der Waals surface area contributed by atoms with Crippen molar-refractivity contribution in [2.75, 3.05) is 14.1 Å². The third kappa shape index (κ3) is 2.61.